The van der Waals surface area contributed by atoms with Gasteiger partial charge in [-0.25, -0.2) is 8.42 Å². The van der Waals surface area contributed by atoms with Crippen LogP contribution in [0.15, 0.2) is 51.9 Å². The van der Waals surface area contributed by atoms with Crippen molar-refractivity contribution in [2.75, 3.05) is 19.7 Å². The van der Waals surface area contributed by atoms with Gasteiger partial charge in [-0.3, -0.25) is 9.59 Å². The van der Waals surface area contributed by atoms with Gasteiger partial charge in [-0.1, -0.05) is 35.0 Å². The van der Waals surface area contributed by atoms with Crippen molar-refractivity contribution in [3.63, 3.8) is 0 Å². The highest BCUT2D eigenvalue weighted by atomic mass is 35.5. The lowest BCUT2D eigenvalue weighted by molar-refractivity contribution is -0.123. The first kappa shape index (κ1) is 25.2. The van der Waals surface area contributed by atoms with Crippen LogP contribution in [0.5, 0.6) is 5.75 Å². The number of benzene rings is 2. The highest BCUT2D eigenvalue weighted by molar-refractivity contribution is 7.90. The van der Waals surface area contributed by atoms with Crippen LogP contribution in [0.4, 0.5) is 0 Å². The Labute approximate surface area is 201 Å². The van der Waals surface area contributed by atoms with Gasteiger partial charge in [-0.2, -0.15) is 4.98 Å². The summed E-state index contributed by atoms with van der Waals surface area (Å²) in [5.41, 5.74) is 1.70. The number of halogens is 1. The van der Waals surface area contributed by atoms with E-state index in [1.165, 1.54) is 12.1 Å². The van der Waals surface area contributed by atoms with Gasteiger partial charge in [0.05, 0.1) is 4.90 Å². The highest BCUT2D eigenvalue weighted by Crippen LogP contribution is 2.25. The number of carbonyl (C=O) groups is 2. The molecule has 0 aliphatic carbocycles. The minimum Gasteiger partial charge on any atom is -0.484 e. The van der Waals surface area contributed by atoms with E-state index in [4.69, 9.17) is 20.9 Å². The molecule has 0 atom stereocenters. The third-order valence-electron chi connectivity index (χ3n) is 4.60. The number of sulfone groups is 1. The van der Waals surface area contributed by atoms with E-state index in [0.717, 1.165) is 11.1 Å². The first-order valence-corrected chi connectivity index (χ1v) is 12.2. The summed E-state index contributed by atoms with van der Waals surface area (Å²) >= 11 is 6.11. The largest absolute Gasteiger partial charge is 0.484 e. The Morgan fingerprint density at radius 1 is 1.06 bits per heavy atom. The second-order valence-electron chi connectivity index (χ2n) is 7.35. The Hall–Kier alpha value is -3.44. The average molecular weight is 507 g/mol. The molecule has 0 unspecified atom stereocenters. The van der Waals surface area contributed by atoms with Crippen LogP contribution in [0.1, 0.15) is 27.6 Å². The maximum absolute atomic E-state index is 12.4. The van der Waals surface area contributed by atoms with Gasteiger partial charge in [0.15, 0.2) is 22.3 Å². The number of amides is 2. The molecule has 2 N–H and O–H groups in total. The van der Waals surface area contributed by atoms with Crippen molar-refractivity contribution in [1.29, 1.82) is 0 Å². The third-order valence-corrected chi connectivity index (χ3v) is 6.82. The number of carbonyl (C=O) groups excluding carboxylic acids is 2. The summed E-state index contributed by atoms with van der Waals surface area (Å²) in [6.45, 7) is 3.72. The summed E-state index contributed by atoms with van der Waals surface area (Å²) in [4.78, 5) is 28.0. The number of nitrogens with one attached hydrogen (secondary N) is 2. The van der Waals surface area contributed by atoms with E-state index in [9.17, 15) is 18.0 Å². The molecule has 0 saturated heterocycles. The lowest BCUT2D eigenvalue weighted by Crippen LogP contribution is -2.36. The van der Waals surface area contributed by atoms with Crippen molar-refractivity contribution in [1.82, 2.24) is 20.8 Å². The zero-order chi connectivity index (χ0) is 24.7. The molecule has 2 amide bonds. The minimum atomic E-state index is -3.67. The van der Waals surface area contributed by atoms with Crippen molar-refractivity contribution in [3.8, 4) is 5.75 Å². The molecule has 0 bridgehead atoms. The maximum atomic E-state index is 12.4. The summed E-state index contributed by atoms with van der Waals surface area (Å²) in [5, 5.41) is 9.31. The summed E-state index contributed by atoms with van der Waals surface area (Å²) in [6.07, 6.45) is 0. The Bertz CT molecular complexity index is 1250. The smallest absolute Gasteiger partial charge is 0.315 e. The van der Waals surface area contributed by atoms with Crippen LogP contribution in [0, 0.1) is 13.8 Å². The quantitative estimate of drug-likeness (QED) is 0.399. The minimum absolute atomic E-state index is 0.0871. The lowest BCUT2D eigenvalue weighted by Gasteiger charge is -2.10. The number of nitrogens with zero attached hydrogens (tertiary/aromatic N) is 2. The summed E-state index contributed by atoms with van der Waals surface area (Å²) in [5.74, 6) is -1.53. The molecule has 12 heteroatoms. The van der Waals surface area contributed by atoms with Crippen molar-refractivity contribution in [3.05, 3.63) is 70.3 Å². The Kier molecular flexibility index (Phi) is 8.24. The van der Waals surface area contributed by atoms with Crippen LogP contribution in [-0.2, 0) is 20.4 Å². The third kappa shape index (κ3) is 6.78. The summed E-state index contributed by atoms with van der Waals surface area (Å²) in [6, 6.07) is 11.3. The lowest BCUT2D eigenvalue weighted by atomic mass is 10.1. The molecular weight excluding hydrogens is 484 g/mol. The summed E-state index contributed by atoms with van der Waals surface area (Å²) in [7, 11) is -3.67. The van der Waals surface area contributed by atoms with Gasteiger partial charge >= 0.3 is 11.8 Å². The van der Waals surface area contributed by atoms with E-state index in [-0.39, 0.29) is 42.2 Å². The molecule has 3 aromatic rings. The molecule has 0 aliphatic heterocycles. The van der Waals surface area contributed by atoms with E-state index in [1.54, 1.807) is 30.3 Å². The van der Waals surface area contributed by atoms with Gasteiger partial charge in [0, 0.05) is 18.1 Å². The molecule has 3 rings (SSSR count). The first-order chi connectivity index (χ1) is 16.2. The van der Waals surface area contributed by atoms with Gasteiger partial charge in [0.1, 0.15) is 11.5 Å². The monoisotopic (exact) mass is 506 g/mol. The van der Waals surface area contributed by atoms with Crippen LogP contribution >= 0.6 is 11.6 Å². The number of hydrogen-bond acceptors (Lipinski definition) is 8. The average Bonchev–Trinajstić information content (AvgIpc) is 3.27. The van der Waals surface area contributed by atoms with E-state index in [2.05, 4.69) is 20.8 Å². The molecule has 34 heavy (non-hydrogen) atoms. The summed E-state index contributed by atoms with van der Waals surface area (Å²) < 4.78 is 35.1. The van der Waals surface area contributed by atoms with Gasteiger partial charge in [0.25, 0.3) is 5.91 Å². The molecule has 0 spiro atoms. The Balaban J connectivity index is 1.41. The molecule has 0 aliphatic rings. The molecule has 180 valence electrons. The van der Waals surface area contributed by atoms with Crippen molar-refractivity contribution in [2.24, 2.45) is 0 Å². The molecule has 1 heterocycles. The molecular formula is C22H23ClN4O6S. The first-order valence-electron chi connectivity index (χ1n) is 10.2. The molecule has 2 aromatic carbocycles. The maximum Gasteiger partial charge on any atom is 0.315 e. The van der Waals surface area contributed by atoms with Crippen LogP contribution in [0.25, 0.3) is 0 Å². The Morgan fingerprint density at radius 2 is 1.71 bits per heavy atom. The number of rotatable bonds is 10. The standard InChI is InChI=1S/C22H23ClN4O6S/c1-14-10-16(11-15(2)20(14)23)32-12-19(28)24-8-9-25-21(29)22-26-18(27-33-22)13-34(30,31)17-6-4-3-5-7-17/h3-7,10-11H,8-9,12-13H2,1-2H3,(H,24,28)(H,25,29). The molecule has 0 fully saturated rings. The zero-order valence-corrected chi connectivity index (χ0v) is 20.1. The second kappa shape index (κ2) is 11.1. The highest BCUT2D eigenvalue weighted by Gasteiger charge is 2.21. The van der Waals surface area contributed by atoms with Gasteiger partial charge in [-0.05, 0) is 49.2 Å². The van der Waals surface area contributed by atoms with Gasteiger partial charge < -0.3 is 19.9 Å². The van der Waals surface area contributed by atoms with Crippen molar-refractivity contribution < 1.29 is 27.3 Å². The SMILES string of the molecule is Cc1cc(OCC(=O)NCCNC(=O)c2nc(CS(=O)(=O)c3ccccc3)no2)cc(C)c1Cl. The number of ether oxygens (including phenoxy) is 1. The van der Waals surface area contributed by atoms with Crippen LogP contribution in [-0.4, -0.2) is 50.1 Å². The van der Waals surface area contributed by atoms with E-state index < -0.39 is 21.5 Å². The number of aromatic nitrogens is 2. The van der Waals surface area contributed by atoms with Crippen LogP contribution < -0.4 is 15.4 Å². The second-order valence-corrected chi connectivity index (χ2v) is 9.72. The predicted molar refractivity (Wildman–Crippen MR) is 123 cm³/mol. The van der Waals surface area contributed by atoms with Gasteiger partial charge in [0.2, 0.25) is 0 Å². The van der Waals surface area contributed by atoms with Gasteiger partial charge in [-0.15, -0.1) is 0 Å². The van der Waals surface area contributed by atoms with Crippen molar-refractivity contribution in [2.45, 2.75) is 24.5 Å². The fourth-order valence-corrected chi connectivity index (χ4v) is 4.23. The van der Waals surface area contributed by atoms with E-state index in [0.29, 0.717) is 10.8 Å². The van der Waals surface area contributed by atoms with E-state index >= 15 is 0 Å². The molecule has 1 aromatic heterocycles. The van der Waals surface area contributed by atoms with Crippen LogP contribution in [0.3, 0.4) is 0 Å². The van der Waals surface area contributed by atoms with Crippen molar-refractivity contribution >= 4 is 33.3 Å². The predicted octanol–water partition coefficient (Wildman–Crippen LogP) is 2.24. The number of aryl methyl sites for hydroxylation is 2. The Morgan fingerprint density at radius 3 is 2.38 bits per heavy atom. The fourth-order valence-electron chi connectivity index (χ4n) is 2.93. The molecule has 0 radical (unpaired) electrons. The topological polar surface area (TPSA) is 140 Å². The molecule has 10 nitrogen and oxygen atoms in total. The number of hydrogen-bond donors (Lipinski definition) is 2. The fraction of sp³-hybridized carbons (Fsp3) is 0.273. The molecule has 0 saturated carbocycles. The van der Waals surface area contributed by atoms with Crippen LogP contribution in [0.2, 0.25) is 5.02 Å². The zero-order valence-electron chi connectivity index (χ0n) is 18.5. The normalized spacial score (nSPS) is 11.1. The van der Waals surface area contributed by atoms with E-state index in [1.807, 2.05) is 13.8 Å².